The average molecular weight is 181 g/mol. The summed E-state index contributed by atoms with van der Waals surface area (Å²) in [6.07, 6.45) is 0. The van der Waals surface area contributed by atoms with Crippen molar-refractivity contribution >= 4 is 12.2 Å². The van der Waals surface area contributed by atoms with Crippen LogP contribution in [0.25, 0.3) is 0 Å². The summed E-state index contributed by atoms with van der Waals surface area (Å²) >= 11 is 0. The molecule has 0 amide bonds. The maximum absolute atomic E-state index is 10.4. The molecule has 0 saturated carbocycles. The Labute approximate surface area is 74.1 Å². The number of ether oxygens (including phenoxy) is 1. The number of benzene rings is 1. The first-order chi connectivity index (χ1) is 6.15. The molecule has 1 rings (SSSR count). The monoisotopic (exact) mass is 181 g/mol. The predicted octanol–water partition coefficient (Wildman–Crippen LogP) is 1.44. The van der Waals surface area contributed by atoms with E-state index in [9.17, 15) is 14.9 Å². The molecule has 5 nitrogen and oxygen atoms in total. The van der Waals surface area contributed by atoms with Crippen molar-refractivity contribution in [3.8, 4) is 5.75 Å². The van der Waals surface area contributed by atoms with Crippen molar-refractivity contribution in [1.82, 2.24) is 0 Å². The van der Waals surface area contributed by atoms with Gasteiger partial charge in [-0.25, -0.2) is 0 Å². The van der Waals surface area contributed by atoms with Gasteiger partial charge in [-0.2, -0.15) is 0 Å². The number of carbonyl (C=O) groups excluding carboxylic acids is 1. The van der Waals surface area contributed by atoms with Crippen molar-refractivity contribution in [3.05, 3.63) is 33.9 Å². The number of carbonyl (C=O) groups is 1. The molecule has 0 aromatic heterocycles. The Morgan fingerprint density at radius 3 is 2.77 bits per heavy atom. The molecule has 68 valence electrons. The molecular formula is C8H7NO4. The molecule has 0 N–H and O–H groups in total. The minimum atomic E-state index is -0.521. The molecular weight excluding hydrogens is 174 g/mol. The third kappa shape index (κ3) is 2.02. The zero-order chi connectivity index (χ0) is 9.84. The van der Waals surface area contributed by atoms with E-state index >= 15 is 0 Å². The van der Waals surface area contributed by atoms with Crippen LogP contribution >= 0.6 is 0 Å². The molecule has 5 heteroatoms. The van der Waals surface area contributed by atoms with Crippen LogP contribution < -0.4 is 4.74 Å². The Balaban J connectivity index is 3.10. The summed E-state index contributed by atoms with van der Waals surface area (Å²) in [6.45, 7) is 1.84. The van der Waals surface area contributed by atoms with Gasteiger partial charge in [0.1, 0.15) is 5.75 Å². The van der Waals surface area contributed by atoms with E-state index in [4.69, 9.17) is 0 Å². The summed E-state index contributed by atoms with van der Waals surface area (Å²) in [4.78, 5) is 19.9. The van der Waals surface area contributed by atoms with E-state index in [-0.39, 0.29) is 17.9 Å². The lowest BCUT2D eigenvalue weighted by Gasteiger charge is -1.99. The summed E-state index contributed by atoms with van der Waals surface area (Å²) in [7, 11) is 0. The van der Waals surface area contributed by atoms with E-state index in [2.05, 4.69) is 4.74 Å². The highest BCUT2D eigenvalue weighted by Gasteiger charge is 2.11. The molecule has 0 atom stereocenters. The molecule has 0 spiro atoms. The number of aryl methyl sites for hydroxylation is 1. The Bertz CT molecular complexity index is 348. The molecule has 0 aliphatic heterocycles. The number of hydrogen-bond donors (Lipinski definition) is 0. The molecule has 1 aromatic carbocycles. The summed E-state index contributed by atoms with van der Waals surface area (Å²) in [6, 6.07) is 4.23. The van der Waals surface area contributed by atoms with Gasteiger partial charge in [0, 0.05) is 5.56 Å². The number of nitro benzene ring substituents is 1. The van der Waals surface area contributed by atoms with E-state index in [1.807, 2.05) is 0 Å². The first-order valence-corrected chi connectivity index (χ1v) is 3.50. The molecule has 0 bridgehead atoms. The van der Waals surface area contributed by atoms with Crippen LogP contribution in [0.5, 0.6) is 5.75 Å². The Morgan fingerprint density at radius 1 is 1.54 bits per heavy atom. The topological polar surface area (TPSA) is 69.4 Å². The average Bonchev–Trinajstić information content (AvgIpc) is 2.08. The zero-order valence-corrected chi connectivity index (χ0v) is 6.89. The predicted molar refractivity (Wildman–Crippen MR) is 44.5 cm³/mol. The maximum Gasteiger partial charge on any atom is 0.298 e. The number of hydrogen-bond acceptors (Lipinski definition) is 4. The van der Waals surface area contributed by atoms with E-state index in [0.717, 1.165) is 0 Å². The second-order valence-electron chi connectivity index (χ2n) is 2.42. The highest BCUT2D eigenvalue weighted by molar-refractivity contribution is 5.50. The van der Waals surface area contributed by atoms with Crippen LogP contribution in [0, 0.1) is 17.0 Å². The summed E-state index contributed by atoms with van der Waals surface area (Å²) in [5, 5.41) is 10.4. The quantitative estimate of drug-likeness (QED) is 0.402. The minimum absolute atomic E-state index is 0.0562. The van der Waals surface area contributed by atoms with E-state index in [1.165, 1.54) is 18.2 Å². The van der Waals surface area contributed by atoms with Crippen LogP contribution in [0.3, 0.4) is 0 Å². The molecule has 13 heavy (non-hydrogen) atoms. The van der Waals surface area contributed by atoms with Gasteiger partial charge in [-0.1, -0.05) is 0 Å². The number of nitro groups is 1. The molecule has 0 heterocycles. The van der Waals surface area contributed by atoms with Gasteiger partial charge in [-0.05, 0) is 19.1 Å². The second kappa shape index (κ2) is 3.66. The van der Waals surface area contributed by atoms with Gasteiger partial charge < -0.3 is 4.74 Å². The fraction of sp³-hybridized carbons (Fsp3) is 0.125. The van der Waals surface area contributed by atoms with Gasteiger partial charge in [0.05, 0.1) is 11.0 Å². The number of rotatable bonds is 3. The Hall–Kier alpha value is -1.91. The van der Waals surface area contributed by atoms with Crippen molar-refractivity contribution in [2.45, 2.75) is 6.92 Å². The van der Waals surface area contributed by atoms with Crippen molar-refractivity contribution in [1.29, 1.82) is 0 Å². The first-order valence-electron chi connectivity index (χ1n) is 3.50. The Morgan fingerprint density at radius 2 is 2.23 bits per heavy atom. The van der Waals surface area contributed by atoms with Gasteiger partial charge in [-0.15, -0.1) is 0 Å². The smallest absolute Gasteiger partial charge is 0.298 e. The van der Waals surface area contributed by atoms with Crippen LogP contribution in [0.4, 0.5) is 5.69 Å². The maximum atomic E-state index is 10.4. The van der Waals surface area contributed by atoms with Gasteiger partial charge in [0.2, 0.25) is 0 Å². The van der Waals surface area contributed by atoms with Gasteiger partial charge in [0.25, 0.3) is 12.2 Å². The lowest BCUT2D eigenvalue weighted by molar-refractivity contribution is -0.385. The molecule has 0 aliphatic carbocycles. The molecule has 1 aromatic rings. The van der Waals surface area contributed by atoms with Crippen LogP contribution in [0.15, 0.2) is 18.2 Å². The van der Waals surface area contributed by atoms with Crippen molar-refractivity contribution in [2.75, 3.05) is 0 Å². The third-order valence-corrected chi connectivity index (χ3v) is 1.56. The largest absolute Gasteiger partial charge is 0.428 e. The van der Waals surface area contributed by atoms with Gasteiger partial charge in [-0.3, -0.25) is 14.9 Å². The molecule has 0 radical (unpaired) electrons. The van der Waals surface area contributed by atoms with Crippen molar-refractivity contribution in [2.24, 2.45) is 0 Å². The van der Waals surface area contributed by atoms with Crippen LogP contribution in [0.1, 0.15) is 5.56 Å². The van der Waals surface area contributed by atoms with Crippen molar-refractivity contribution < 1.29 is 14.5 Å². The van der Waals surface area contributed by atoms with Crippen molar-refractivity contribution in [3.63, 3.8) is 0 Å². The standard InChI is InChI=1S/C8H7NO4/c1-6-2-3-7(13-5-10)4-8(6)9(11)12/h2-5H,1H3. The third-order valence-electron chi connectivity index (χ3n) is 1.56. The summed E-state index contributed by atoms with van der Waals surface area (Å²) in [5.74, 6) is 0.173. The molecule has 0 fully saturated rings. The SMILES string of the molecule is Cc1ccc(OC=O)cc1[N+](=O)[O-]. The van der Waals surface area contributed by atoms with E-state index < -0.39 is 4.92 Å². The van der Waals surface area contributed by atoms with Gasteiger partial charge >= 0.3 is 0 Å². The van der Waals surface area contributed by atoms with E-state index in [0.29, 0.717) is 5.56 Å². The lowest BCUT2D eigenvalue weighted by atomic mass is 10.2. The zero-order valence-electron chi connectivity index (χ0n) is 6.89. The van der Waals surface area contributed by atoms with E-state index in [1.54, 1.807) is 6.92 Å². The van der Waals surface area contributed by atoms with Crippen LogP contribution in [-0.4, -0.2) is 11.4 Å². The normalized spacial score (nSPS) is 9.31. The number of nitrogens with zero attached hydrogens (tertiary/aromatic N) is 1. The second-order valence-corrected chi connectivity index (χ2v) is 2.42. The summed E-state index contributed by atoms with van der Waals surface area (Å²) in [5.41, 5.74) is 0.475. The minimum Gasteiger partial charge on any atom is -0.428 e. The molecule has 0 aliphatic rings. The Kier molecular flexibility index (Phi) is 2.59. The fourth-order valence-electron chi connectivity index (χ4n) is 0.915. The summed E-state index contributed by atoms with van der Waals surface area (Å²) < 4.78 is 4.47. The fourth-order valence-corrected chi connectivity index (χ4v) is 0.915. The van der Waals surface area contributed by atoms with Crippen LogP contribution in [0.2, 0.25) is 0 Å². The highest BCUT2D eigenvalue weighted by Crippen LogP contribution is 2.23. The first kappa shape index (κ1) is 9.18. The van der Waals surface area contributed by atoms with Gasteiger partial charge in [0.15, 0.2) is 0 Å². The van der Waals surface area contributed by atoms with Crippen LogP contribution in [-0.2, 0) is 4.79 Å². The highest BCUT2D eigenvalue weighted by atomic mass is 16.6. The molecule has 0 unspecified atom stereocenters. The lowest BCUT2D eigenvalue weighted by Crippen LogP contribution is -1.94. The molecule has 0 saturated heterocycles.